The molecule has 0 bridgehead atoms. The first-order valence-corrected chi connectivity index (χ1v) is 5.41. The standard InChI is InChI=1S/C11H17NO2/c1-2-14-10(13)12-11-7-4-3-5-9(11)6-8-11/h6,8-9H,2-5,7H2,1H3,(H,12,13). The zero-order chi connectivity index (χ0) is 10.0. The third kappa shape index (κ3) is 1.51. The van der Waals surface area contributed by atoms with Crippen LogP contribution in [0.5, 0.6) is 0 Å². The summed E-state index contributed by atoms with van der Waals surface area (Å²) in [7, 11) is 0. The van der Waals surface area contributed by atoms with Gasteiger partial charge in [-0.2, -0.15) is 0 Å². The van der Waals surface area contributed by atoms with Crippen molar-refractivity contribution >= 4 is 6.09 Å². The van der Waals surface area contributed by atoms with E-state index in [1.165, 1.54) is 19.3 Å². The van der Waals surface area contributed by atoms with Crippen LogP contribution in [0.25, 0.3) is 0 Å². The van der Waals surface area contributed by atoms with Crippen molar-refractivity contribution in [2.24, 2.45) is 5.92 Å². The molecule has 1 amide bonds. The third-order valence-electron chi connectivity index (χ3n) is 3.25. The summed E-state index contributed by atoms with van der Waals surface area (Å²) in [6, 6.07) is 0. The maximum absolute atomic E-state index is 11.3. The SMILES string of the molecule is CCOC(=O)NC12C=CC1CCCC2. The molecule has 0 aliphatic heterocycles. The van der Waals surface area contributed by atoms with Gasteiger partial charge in [0.1, 0.15) is 0 Å². The highest BCUT2D eigenvalue weighted by Crippen LogP contribution is 2.42. The average Bonchev–Trinajstić information content (AvgIpc) is 2.12. The molecule has 78 valence electrons. The summed E-state index contributed by atoms with van der Waals surface area (Å²) in [5.41, 5.74) is -0.0650. The molecule has 1 saturated carbocycles. The third-order valence-corrected chi connectivity index (χ3v) is 3.25. The lowest BCUT2D eigenvalue weighted by atomic mass is 9.65. The van der Waals surface area contributed by atoms with Gasteiger partial charge in [0.2, 0.25) is 0 Å². The second kappa shape index (κ2) is 3.64. The van der Waals surface area contributed by atoms with Crippen LogP contribution in [0.2, 0.25) is 0 Å². The highest BCUT2D eigenvalue weighted by molar-refractivity contribution is 5.69. The Morgan fingerprint density at radius 2 is 2.50 bits per heavy atom. The van der Waals surface area contributed by atoms with Gasteiger partial charge >= 0.3 is 6.09 Å². The maximum Gasteiger partial charge on any atom is 0.407 e. The summed E-state index contributed by atoms with van der Waals surface area (Å²) in [5, 5.41) is 2.98. The van der Waals surface area contributed by atoms with Crippen LogP contribution >= 0.6 is 0 Å². The lowest BCUT2D eigenvalue weighted by Gasteiger charge is -2.47. The number of alkyl carbamates (subject to hydrolysis) is 1. The van der Waals surface area contributed by atoms with Crippen LogP contribution in [-0.4, -0.2) is 18.2 Å². The molecular formula is C11H17NO2. The molecule has 1 N–H and O–H groups in total. The Morgan fingerprint density at radius 3 is 3.07 bits per heavy atom. The Kier molecular flexibility index (Phi) is 2.48. The van der Waals surface area contributed by atoms with Crippen LogP contribution in [0.4, 0.5) is 4.79 Å². The van der Waals surface area contributed by atoms with Gasteiger partial charge in [0.05, 0.1) is 12.1 Å². The van der Waals surface area contributed by atoms with Crippen molar-refractivity contribution in [1.29, 1.82) is 0 Å². The fraction of sp³-hybridized carbons (Fsp3) is 0.727. The number of hydrogen-bond acceptors (Lipinski definition) is 2. The van der Waals surface area contributed by atoms with Gasteiger partial charge in [-0.3, -0.25) is 0 Å². The quantitative estimate of drug-likeness (QED) is 0.686. The van der Waals surface area contributed by atoms with Crippen LogP contribution in [0.3, 0.4) is 0 Å². The Morgan fingerprint density at radius 1 is 1.64 bits per heavy atom. The molecule has 3 nitrogen and oxygen atoms in total. The van der Waals surface area contributed by atoms with E-state index in [9.17, 15) is 4.79 Å². The molecule has 0 aromatic carbocycles. The summed E-state index contributed by atoms with van der Waals surface area (Å²) in [5.74, 6) is 0.542. The predicted molar refractivity (Wildman–Crippen MR) is 54.0 cm³/mol. The van der Waals surface area contributed by atoms with E-state index >= 15 is 0 Å². The van der Waals surface area contributed by atoms with Gasteiger partial charge < -0.3 is 10.1 Å². The minimum atomic E-state index is -0.274. The highest BCUT2D eigenvalue weighted by Gasteiger charge is 2.44. The van der Waals surface area contributed by atoms with Gasteiger partial charge in [0.25, 0.3) is 0 Å². The molecule has 2 unspecified atom stereocenters. The van der Waals surface area contributed by atoms with E-state index in [2.05, 4.69) is 17.5 Å². The smallest absolute Gasteiger partial charge is 0.407 e. The van der Waals surface area contributed by atoms with Crippen molar-refractivity contribution in [3.8, 4) is 0 Å². The van der Waals surface area contributed by atoms with Gasteiger partial charge in [-0.1, -0.05) is 25.0 Å². The van der Waals surface area contributed by atoms with Crippen LogP contribution < -0.4 is 5.32 Å². The highest BCUT2D eigenvalue weighted by atomic mass is 16.5. The minimum Gasteiger partial charge on any atom is -0.450 e. The van der Waals surface area contributed by atoms with Gasteiger partial charge in [-0.25, -0.2) is 4.79 Å². The number of ether oxygens (including phenoxy) is 1. The van der Waals surface area contributed by atoms with Crippen molar-refractivity contribution in [3.63, 3.8) is 0 Å². The Labute approximate surface area is 84.5 Å². The number of carbonyl (C=O) groups is 1. The number of rotatable bonds is 2. The van der Waals surface area contributed by atoms with Gasteiger partial charge in [-0.15, -0.1) is 0 Å². The minimum absolute atomic E-state index is 0.0650. The van der Waals surface area contributed by atoms with Crippen molar-refractivity contribution in [3.05, 3.63) is 12.2 Å². The second-order valence-corrected chi connectivity index (χ2v) is 4.10. The average molecular weight is 195 g/mol. The molecule has 0 aromatic rings. The van der Waals surface area contributed by atoms with Crippen LogP contribution in [0, 0.1) is 5.92 Å². The summed E-state index contributed by atoms with van der Waals surface area (Å²) in [6.07, 6.45) is 8.78. The summed E-state index contributed by atoms with van der Waals surface area (Å²) in [6.45, 7) is 2.27. The molecule has 0 aromatic heterocycles. The normalized spacial score (nSPS) is 34.2. The first-order chi connectivity index (χ1) is 6.77. The fourth-order valence-electron chi connectivity index (χ4n) is 2.42. The summed E-state index contributed by atoms with van der Waals surface area (Å²) in [4.78, 5) is 11.3. The lowest BCUT2D eigenvalue weighted by molar-refractivity contribution is 0.122. The molecule has 0 radical (unpaired) electrons. The van der Waals surface area contributed by atoms with E-state index in [0.29, 0.717) is 12.5 Å². The molecule has 2 aliphatic rings. The Bertz CT molecular complexity index is 262. The van der Waals surface area contributed by atoms with E-state index in [4.69, 9.17) is 4.74 Å². The van der Waals surface area contributed by atoms with Crippen molar-refractivity contribution in [2.45, 2.75) is 38.1 Å². The number of nitrogens with one attached hydrogen (secondary N) is 1. The Hall–Kier alpha value is -0.990. The zero-order valence-corrected chi connectivity index (χ0v) is 8.58. The number of amides is 1. The van der Waals surface area contributed by atoms with E-state index < -0.39 is 0 Å². The maximum atomic E-state index is 11.3. The number of hydrogen-bond donors (Lipinski definition) is 1. The molecule has 0 saturated heterocycles. The molecule has 0 heterocycles. The molecule has 2 atom stereocenters. The van der Waals surface area contributed by atoms with Crippen molar-refractivity contribution < 1.29 is 9.53 Å². The monoisotopic (exact) mass is 195 g/mol. The topological polar surface area (TPSA) is 38.3 Å². The Balaban J connectivity index is 1.95. The van der Waals surface area contributed by atoms with Crippen LogP contribution in [0.1, 0.15) is 32.6 Å². The van der Waals surface area contributed by atoms with Crippen molar-refractivity contribution in [2.75, 3.05) is 6.61 Å². The van der Waals surface area contributed by atoms with E-state index in [-0.39, 0.29) is 11.6 Å². The van der Waals surface area contributed by atoms with Gasteiger partial charge in [0.15, 0.2) is 0 Å². The zero-order valence-electron chi connectivity index (χ0n) is 8.58. The van der Waals surface area contributed by atoms with E-state index in [0.717, 1.165) is 6.42 Å². The first kappa shape index (κ1) is 9.56. The number of fused-ring (bicyclic) bond motifs is 1. The molecular weight excluding hydrogens is 178 g/mol. The largest absolute Gasteiger partial charge is 0.450 e. The number of carbonyl (C=O) groups excluding carboxylic acids is 1. The molecule has 14 heavy (non-hydrogen) atoms. The lowest BCUT2D eigenvalue weighted by Crippen LogP contribution is -2.57. The van der Waals surface area contributed by atoms with Crippen LogP contribution in [0.15, 0.2) is 12.2 Å². The van der Waals surface area contributed by atoms with Crippen LogP contribution in [-0.2, 0) is 4.74 Å². The van der Waals surface area contributed by atoms with Gasteiger partial charge in [-0.05, 0) is 19.8 Å². The predicted octanol–water partition coefficient (Wildman–Crippen LogP) is 2.23. The van der Waals surface area contributed by atoms with Gasteiger partial charge in [0, 0.05) is 5.92 Å². The summed E-state index contributed by atoms with van der Waals surface area (Å²) < 4.78 is 4.91. The van der Waals surface area contributed by atoms with E-state index in [1.807, 2.05) is 6.92 Å². The fourth-order valence-corrected chi connectivity index (χ4v) is 2.42. The van der Waals surface area contributed by atoms with E-state index in [1.54, 1.807) is 0 Å². The molecule has 3 heteroatoms. The second-order valence-electron chi connectivity index (χ2n) is 4.10. The molecule has 0 spiro atoms. The molecule has 2 aliphatic carbocycles. The molecule has 2 rings (SSSR count). The summed E-state index contributed by atoms with van der Waals surface area (Å²) >= 11 is 0. The van der Waals surface area contributed by atoms with Crippen molar-refractivity contribution in [1.82, 2.24) is 5.32 Å². The molecule has 1 fully saturated rings. The first-order valence-electron chi connectivity index (χ1n) is 5.41.